The normalized spacial score (nSPS) is 28.0. The fourth-order valence-corrected chi connectivity index (χ4v) is 5.47. The molecular formula is C12H18N4O3S2. The Bertz CT molecular complexity index is 643. The monoisotopic (exact) mass is 330 g/mol. The van der Waals surface area contributed by atoms with Crippen LogP contribution >= 0.6 is 11.3 Å². The largest absolute Gasteiger partial charge is 0.301 e. The van der Waals surface area contributed by atoms with E-state index in [0.29, 0.717) is 18.3 Å². The molecule has 2 fully saturated rings. The van der Waals surface area contributed by atoms with Crippen LogP contribution in [0.2, 0.25) is 0 Å². The number of anilines is 1. The van der Waals surface area contributed by atoms with Crippen molar-refractivity contribution in [1.29, 1.82) is 0 Å². The van der Waals surface area contributed by atoms with Crippen molar-refractivity contribution in [1.82, 2.24) is 14.9 Å². The lowest BCUT2D eigenvalue weighted by atomic mass is 9.96. The molecule has 0 aromatic carbocycles. The van der Waals surface area contributed by atoms with Gasteiger partial charge >= 0.3 is 0 Å². The molecule has 2 saturated carbocycles. The highest BCUT2D eigenvalue weighted by Gasteiger charge is 2.41. The van der Waals surface area contributed by atoms with E-state index in [4.69, 9.17) is 0 Å². The van der Waals surface area contributed by atoms with Gasteiger partial charge in [-0.3, -0.25) is 4.79 Å². The highest BCUT2D eigenvalue weighted by molar-refractivity contribution is 7.91. The first-order valence-electron chi connectivity index (χ1n) is 7.13. The van der Waals surface area contributed by atoms with Gasteiger partial charge in [0.15, 0.2) is 0 Å². The van der Waals surface area contributed by atoms with Crippen molar-refractivity contribution in [2.75, 3.05) is 5.32 Å². The number of hydrogen-bond acceptors (Lipinski definition) is 6. The third kappa shape index (κ3) is 3.09. The standard InChI is InChI=1S/C12H18N4O3S2/c1-2-10(17)13-11-14-15-12(20-11)21(18,19)16-9-6-7-3-4-8(9)5-7/h7-9,16H,2-6H2,1H3,(H,13,14,17)/t7-,8-,9-/m1/s1. The van der Waals surface area contributed by atoms with E-state index in [-0.39, 0.29) is 21.4 Å². The summed E-state index contributed by atoms with van der Waals surface area (Å²) in [5, 5.41) is 10.1. The number of nitrogens with zero attached hydrogens (tertiary/aromatic N) is 2. The Balaban J connectivity index is 1.69. The second-order valence-electron chi connectivity index (χ2n) is 5.68. The molecule has 9 heteroatoms. The van der Waals surface area contributed by atoms with E-state index in [0.717, 1.165) is 30.6 Å². The van der Waals surface area contributed by atoms with E-state index in [1.807, 2.05) is 0 Å². The summed E-state index contributed by atoms with van der Waals surface area (Å²) in [5.74, 6) is 0.907. The molecule has 0 radical (unpaired) electrons. The number of nitrogens with one attached hydrogen (secondary N) is 2. The number of sulfonamides is 1. The Hall–Kier alpha value is -1.06. The maximum Gasteiger partial charge on any atom is 0.270 e. The van der Waals surface area contributed by atoms with Crippen LogP contribution in [0.3, 0.4) is 0 Å². The average molecular weight is 330 g/mol. The number of carbonyl (C=O) groups is 1. The second-order valence-corrected chi connectivity index (χ2v) is 8.54. The molecule has 2 aliphatic carbocycles. The zero-order chi connectivity index (χ0) is 15.0. The van der Waals surface area contributed by atoms with Crippen LogP contribution in [0.15, 0.2) is 4.34 Å². The molecule has 2 aliphatic rings. The molecule has 116 valence electrons. The molecule has 1 amide bonds. The topological polar surface area (TPSA) is 101 Å². The van der Waals surface area contributed by atoms with Crippen LogP contribution < -0.4 is 10.0 Å². The summed E-state index contributed by atoms with van der Waals surface area (Å²) < 4.78 is 27.3. The van der Waals surface area contributed by atoms with Gasteiger partial charge in [0.25, 0.3) is 10.0 Å². The van der Waals surface area contributed by atoms with Crippen LogP contribution in [0.25, 0.3) is 0 Å². The molecular weight excluding hydrogens is 312 g/mol. The third-order valence-electron chi connectivity index (χ3n) is 4.25. The molecule has 0 unspecified atom stereocenters. The minimum Gasteiger partial charge on any atom is -0.301 e. The molecule has 0 aliphatic heterocycles. The molecule has 3 atom stereocenters. The number of carbonyl (C=O) groups excluding carboxylic acids is 1. The van der Waals surface area contributed by atoms with Gasteiger partial charge in [-0.15, -0.1) is 10.2 Å². The Labute approximate surface area is 127 Å². The summed E-state index contributed by atoms with van der Waals surface area (Å²) in [6, 6.07) is 0.0198. The summed E-state index contributed by atoms with van der Waals surface area (Å²) in [7, 11) is -3.64. The summed E-state index contributed by atoms with van der Waals surface area (Å²) in [6.45, 7) is 1.71. The number of rotatable bonds is 5. The molecule has 0 saturated heterocycles. The number of aromatic nitrogens is 2. The molecule has 7 nitrogen and oxygen atoms in total. The zero-order valence-electron chi connectivity index (χ0n) is 11.7. The summed E-state index contributed by atoms with van der Waals surface area (Å²) in [4.78, 5) is 11.3. The van der Waals surface area contributed by atoms with Gasteiger partial charge in [-0.25, -0.2) is 13.1 Å². The van der Waals surface area contributed by atoms with Gasteiger partial charge < -0.3 is 5.32 Å². The fourth-order valence-electron chi connectivity index (χ4n) is 3.22. The number of hydrogen-bond donors (Lipinski definition) is 2. The molecule has 2 N–H and O–H groups in total. The first-order valence-corrected chi connectivity index (χ1v) is 9.43. The molecule has 0 spiro atoms. The van der Waals surface area contributed by atoms with Crippen molar-refractivity contribution in [2.45, 2.75) is 49.4 Å². The lowest BCUT2D eigenvalue weighted by molar-refractivity contribution is -0.115. The van der Waals surface area contributed by atoms with Crippen molar-refractivity contribution in [3.8, 4) is 0 Å². The second kappa shape index (κ2) is 5.62. The fraction of sp³-hybridized carbons (Fsp3) is 0.750. The van der Waals surface area contributed by atoms with Gasteiger partial charge in [-0.2, -0.15) is 0 Å². The Morgan fingerprint density at radius 2 is 2.14 bits per heavy atom. The van der Waals surface area contributed by atoms with E-state index in [1.54, 1.807) is 6.92 Å². The molecule has 2 bridgehead atoms. The van der Waals surface area contributed by atoms with E-state index in [9.17, 15) is 13.2 Å². The van der Waals surface area contributed by atoms with Crippen LogP contribution in [0, 0.1) is 11.8 Å². The Morgan fingerprint density at radius 1 is 1.33 bits per heavy atom. The van der Waals surface area contributed by atoms with Gasteiger partial charge in [0, 0.05) is 12.5 Å². The van der Waals surface area contributed by atoms with Crippen molar-refractivity contribution in [3.63, 3.8) is 0 Å². The van der Waals surface area contributed by atoms with Crippen molar-refractivity contribution >= 4 is 32.4 Å². The van der Waals surface area contributed by atoms with E-state index >= 15 is 0 Å². The maximum absolute atomic E-state index is 12.3. The lowest BCUT2D eigenvalue weighted by Crippen LogP contribution is -2.38. The smallest absolute Gasteiger partial charge is 0.270 e. The van der Waals surface area contributed by atoms with Crippen LogP contribution in [0.1, 0.15) is 39.0 Å². The van der Waals surface area contributed by atoms with Gasteiger partial charge in [0.05, 0.1) is 0 Å². The summed E-state index contributed by atoms with van der Waals surface area (Å²) >= 11 is 0.882. The first kappa shape index (κ1) is 14.9. The minimum absolute atomic E-state index is 0.0198. The quantitative estimate of drug-likeness (QED) is 0.794. The third-order valence-corrected chi connectivity index (χ3v) is 6.94. The summed E-state index contributed by atoms with van der Waals surface area (Å²) in [5.41, 5.74) is 0. The van der Waals surface area contributed by atoms with E-state index < -0.39 is 10.0 Å². The van der Waals surface area contributed by atoms with Gasteiger partial charge in [0.2, 0.25) is 15.4 Å². The van der Waals surface area contributed by atoms with Crippen LogP contribution in [0.4, 0.5) is 5.13 Å². The Kier molecular flexibility index (Phi) is 3.98. The average Bonchev–Trinajstić information content (AvgIpc) is 3.13. The van der Waals surface area contributed by atoms with Crippen LogP contribution in [-0.4, -0.2) is 30.6 Å². The van der Waals surface area contributed by atoms with Crippen LogP contribution in [-0.2, 0) is 14.8 Å². The van der Waals surface area contributed by atoms with Gasteiger partial charge in [-0.05, 0) is 31.1 Å². The van der Waals surface area contributed by atoms with E-state index in [1.165, 1.54) is 6.42 Å². The number of amides is 1. The highest BCUT2D eigenvalue weighted by atomic mass is 32.2. The molecule has 21 heavy (non-hydrogen) atoms. The minimum atomic E-state index is -3.64. The molecule has 1 aromatic heterocycles. The molecule has 1 heterocycles. The zero-order valence-corrected chi connectivity index (χ0v) is 13.3. The van der Waals surface area contributed by atoms with Crippen molar-refractivity contribution in [3.05, 3.63) is 0 Å². The first-order chi connectivity index (χ1) is 9.98. The Morgan fingerprint density at radius 3 is 2.76 bits per heavy atom. The van der Waals surface area contributed by atoms with E-state index in [2.05, 4.69) is 20.2 Å². The SMILES string of the molecule is CCC(=O)Nc1nnc(S(=O)(=O)N[C@@H]2C[C@@H]3CC[C@@H]2C3)s1. The summed E-state index contributed by atoms with van der Waals surface area (Å²) in [6.07, 6.45) is 4.68. The van der Waals surface area contributed by atoms with Crippen molar-refractivity contribution in [2.24, 2.45) is 11.8 Å². The predicted molar refractivity (Wildman–Crippen MR) is 78.4 cm³/mol. The number of fused-ring (bicyclic) bond motifs is 2. The maximum atomic E-state index is 12.3. The van der Waals surface area contributed by atoms with Crippen molar-refractivity contribution < 1.29 is 13.2 Å². The molecule has 3 rings (SSSR count). The van der Waals surface area contributed by atoms with Gasteiger partial charge in [0.1, 0.15) is 0 Å². The van der Waals surface area contributed by atoms with Crippen LogP contribution in [0.5, 0.6) is 0 Å². The molecule has 1 aromatic rings. The predicted octanol–water partition coefficient (Wildman–Crippen LogP) is 1.35. The van der Waals surface area contributed by atoms with Gasteiger partial charge in [-0.1, -0.05) is 24.7 Å². The lowest BCUT2D eigenvalue weighted by Gasteiger charge is -2.21. The highest BCUT2D eigenvalue weighted by Crippen LogP contribution is 2.44.